The summed E-state index contributed by atoms with van der Waals surface area (Å²) in [4.78, 5) is 18.3. The molecule has 0 radical (unpaired) electrons. The van der Waals surface area contributed by atoms with Crippen molar-refractivity contribution < 1.29 is 4.79 Å². The molecular weight excluding hydrogens is 246 g/mol. The summed E-state index contributed by atoms with van der Waals surface area (Å²) >= 11 is 1.64. The van der Waals surface area contributed by atoms with Crippen molar-refractivity contribution in [2.24, 2.45) is 0 Å². The Morgan fingerprint density at radius 3 is 3.22 bits per heavy atom. The third-order valence-electron chi connectivity index (χ3n) is 3.02. The van der Waals surface area contributed by atoms with Gasteiger partial charge in [0.2, 0.25) is 5.91 Å². The van der Waals surface area contributed by atoms with Gasteiger partial charge >= 0.3 is 0 Å². The molecule has 4 nitrogen and oxygen atoms in total. The SMILES string of the molecule is C[C@H]1CNCCN1C(=O)CSCc1ccccn1. The summed E-state index contributed by atoms with van der Waals surface area (Å²) in [6.07, 6.45) is 1.79. The predicted molar refractivity (Wildman–Crippen MR) is 74.4 cm³/mol. The Morgan fingerprint density at radius 1 is 1.61 bits per heavy atom. The van der Waals surface area contributed by atoms with E-state index in [4.69, 9.17) is 0 Å². The van der Waals surface area contributed by atoms with Gasteiger partial charge in [-0.05, 0) is 19.1 Å². The first-order chi connectivity index (χ1) is 8.77. The van der Waals surface area contributed by atoms with E-state index < -0.39 is 0 Å². The average molecular weight is 265 g/mol. The van der Waals surface area contributed by atoms with Crippen molar-refractivity contribution in [1.29, 1.82) is 0 Å². The predicted octanol–water partition coefficient (Wildman–Crippen LogP) is 1.14. The number of hydrogen-bond donors (Lipinski definition) is 1. The Morgan fingerprint density at radius 2 is 2.50 bits per heavy atom. The second kappa shape index (κ2) is 6.75. The number of carbonyl (C=O) groups excluding carboxylic acids is 1. The van der Waals surface area contributed by atoms with Crippen LogP contribution in [0.4, 0.5) is 0 Å². The van der Waals surface area contributed by atoms with E-state index in [1.54, 1.807) is 18.0 Å². The van der Waals surface area contributed by atoms with E-state index in [2.05, 4.69) is 17.2 Å². The van der Waals surface area contributed by atoms with Crippen LogP contribution < -0.4 is 5.32 Å². The van der Waals surface area contributed by atoms with Gasteiger partial charge in [-0.2, -0.15) is 0 Å². The van der Waals surface area contributed by atoms with Crippen LogP contribution in [0.1, 0.15) is 12.6 Å². The highest BCUT2D eigenvalue weighted by molar-refractivity contribution is 7.99. The largest absolute Gasteiger partial charge is 0.337 e. The van der Waals surface area contributed by atoms with Crippen molar-refractivity contribution in [1.82, 2.24) is 15.2 Å². The molecular formula is C13H19N3OS. The minimum absolute atomic E-state index is 0.241. The Hall–Kier alpha value is -1.07. The van der Waals surface area contributed by atoms with Gasteiger partial charge in [0.1, 0.15) is 0 Å². The molecule has 1 aromatic rings. The lowest BCUT2D eigenvalue weighted by Crippen LogP contribution is -2.52. The fraction of sp³-hybridized carbons (Fsp3) is 0.538. The number of piperazine rings is 1. The number of pyridine rings is 1. The first-order valence-electron chi connectivity index (χ1n) is 6.25. The van der Waals surface area contributed by atoms with Crippen molar-refractivity contribution in [2.45, 2.75) is 18.7 Å². The van der Waals surface area contributed by atoms with Crippen LogP contribution in [0.25, 0.3) is 0 Å². The summed E-state index contributed by atoms with van der Waals surface area (Å²) in [5.41, 5.74) is 1.03. The number of amides is 1. The monoisotopic (exact) mass is 265 g/mol. The van der Waals surface area contributed by atoms with E-state index >= 15 is 0 Å². The van der Waals surface area contributed by atoms with E-state index in [-0.39, 0.29) is 5.91 Å². The number of aromatic nitrogens is 1. The Labute approximate surface area is 112 Å². The van der Waals surface area contributed by atoms with Gasteiger partial charge in [-0.1, -0.05) is 6.07 Å². The van der Waals surface area contributed by atoms with E-state index in [1.807, 2.05) is 23.1 Å². The first kappa shape index (κ1) is 13.4. The number of thioether (sulfide) groups is 1. The Balaban J connectivity index is 1.74. The van der Waals surface area contributed by atoms with Gasteiger partial charge in [-0.15, -0.1) is 11.8 Å². The van der Waals surface area contributed by atoms with Crippen molar-refractivity contribution in [3.05, 3.63) is 30.1 Å². The lowest BCUT2D eigenvalue weighted by Gasteiger charge is -2.33. The smallest absolute Gasteiger partial charge is 0.232 e. The molecule has 0 spiro atoms. The highest BCUT2D eigenvalue weighted by Gasteiger charge is 2.22. The molecule has 1 saturated heterocycles. The number of nitrogens with one attached hydrogen (secondary N) is 1. The summed E-state index contributed by atoms with van der Waals surface area (Å²) in [5.74, 6) is 1.58. The van der Waals surface area contributed by atoms with Gasteiger partial charge in [0.25, 0.3) is 0 Å². The number of rotatable bonds is 4. The highest BCUT2D eigenvalue weighted by Crippen LogP contribution is 2.12. The average Bonchev–Trinajstić information content (AvgIpc) is 2.40. The molecule has 2 heterocycles. The zero-order valence-corrected chi connectivity index (χ0v) is 11.4. The maximum atomic E-state index is 12.1. The van der Waals surface area contributed by atoms with Crippen LogP contribution in [-0.2, 0) is 10.5 Å². The van der Waals surface area contributed by atoms with E-state index in [0.717, 1.165) is 31.1 Å². The van der Waals surface area contributed by atoms with Crippen LogP contribution >= 0.6 is 11.8 Å². The normalized spacial score (nSPS) is 19.8. The van der Waals surface area contributed by atoms with E-state index in [0.29, 0.717) is 11.8 Å². The number of carbonyl (C=O) groups is 1. The van der Waals surface area contributed by atoms with Gasteiger partial charge in [-0.25, -0.2) is 0 Å². The third-order valence-corrected chi connectivity index (χ3v) is 3.97. The van der Waals surface area contributed by atoms with Crippen LogP contribution in [-0.4, -0.2) is 47.2 Å². The maximum Gasteiger partial charge on any atom is 0.232 e. The van der Waals surface area contributed by atoms with Gasteiger partial charge in [0.05, 0.1) is 11.4 Å². The summed E-state index contributed by atoms with van der Waals surface area (Å²) < 4.78 is 0. The van der Waals surface area contributed by atoms with Crippen LogP contribution in [0.3, 0.4) is 0 Å². The van der Waals surface area contributed by atoms with Crippen LogP contribution in [0.15, 0.2) is 24.4 Å². The zero-order chi connectivity index (χ0) is 12.8. The van der Waals surface area contributed by atoms with Crippen molar-refractivity contribution >= 4 is 17.7 Å². The van der Waals surface area contributed by atoms with Gasteiger partial charge in [-0.3, -0.25) is 9.78 Å². The zero-order valence-electron chi connectivity index (χ0n) is 10.6. The van der Waals surface area contributed by atoms with Gasteiger partial charge < -0.3 is 10.2 Å². The van der Waals surface area contributed by atoms with Crippen LogP contribution in [0.2, 0.25) is 0 Å². The molecule has 1 aliphatic rings. The summed E-state index contributed by atoms with van der Waals surface area (Å²) in [6, 6.07) is 6.18. The van der Waals surface area contributed by atoms with Crippen LogP contribution in [0, 0.1) is 0 Å². The first-order valence-corrected chi connectivity index (χ1v) is 7.40. The van der Waals surface area contributed by atoms with Gasteiger partial charge in [0.15, 0.2) is 0 Å². The molecule has 98 valence electrons. The van der Waals surface area contributed by atoms with Crippen LogP contribution in [0.5, 0.6) is 0 Å². The molecule has 2 rings (SSSR count). The second-order valence-electron chi connectivity index (χ2n) is 4.45. The molecule has 0 saturated carbocycles. The summed E-state index contributed by atoms with van der Waals surface area (Å²) in [7, 11) is 0. The minimum atomic E-state index is 0.241. The second-order valence-corrected chi connectivity index (χ2v) is 5.44. The lowest BCUT2D eigenvalue weighted by atomic mass is 10.2. The molecule has 1 fully saturated rings. The summed E-state index contributed by atoms with van der Waals surface area (Å²) in [6.45, 7) is 4.72. The van der Waals surface area contributed by atoms with Crippen molar-refractivity contribution in [3.8, 4) is 0 Å². The molecule has 1 N–H and O–H groups in total. The molecule has 1 amide bonds. The quantitative estimate of drug-likeness (QED) is 0.886. The fourth-order valence-electron chi connectivity index (χ4n) is 2.02. The highest BCUT2D eigenvalue weighted by atomic mass is 32.2. The van der Waals surface area contributed by atoms with E-state index in [1.165, 1.54) is 0 Å². The summed E-state index contributed by atoms with van der Waals surface area (Å²) in [5, 5.41) is 3.29. The standard InChI is InChI=1S/C13H19N3OS/c1-11-8-14-6-7-16(11)13(17)10-18-9-12-4-2-3-5-15-12/h2-5,11,14H,6-10H2,1H3/t11-/m0/s1. The third kappa shape index (κ3) is 3.71. The molecule has 0 aliphatic carbocycles. The lowest BCUT2D eigenvalue weighted by molar-refractivity contribution is -0.131. The molecule has 0 bridgehead atoms. The molecule has 18 heavy (non-hydrogen) atoms. The van der Waals surface area contributed by atoms with Crippen molar-refractivity contribution in [3.63, 3.8) is 0 Å². The molecule has 1 atom stereocenters. The Kier molecular flexibility index (Phi) is 5.01. The molecule has 0 unspecified atom stereocenters. The topological polar surface area (TPSA) is 45.2 Å². The number of nitrogens with zero attached hydrogens (tertiary/aromatic N) is 2. The van der Waals surface area contributed by atoms with Crippen molar-refractivity contribution in [2.75, 3.05) is 25.4 Å². The maximum absolute atomic E-state index is 12.1. The molecule has 5 heteroatoms. The molecule has 1 aromatic heterocycles. The Bertz CT molecular complexity index is 385. The minimum Gasteiger partial charge on any atom is -0.337 e. The van der Waals surface area contributed by atoms with E-state index in [9.17, 15) is 4.79 Å². The fourth-order valence-corrected chi connectivity index (χ4v) is 2.84. The molecule has 0 aromatic carbocycles. The van der Waals surface area contributed by atoms with Gasteiger partial charge in [0, 0.05) is 37.6 Å². The number of hydrogen-bond acceptors (Lipinski definition) is 4. The molecule has 1 aliphatic heterocycles.